The highest BCUT2D eigenvalue weighted by Gasteiger charge is 2.18. The Bertz CT molecular complexity index is 1050. The minimum Gasteiger partial charge on any atom is -0.497 e. The number of carbonyl (C=O) groups is 2. The van der Waals surface area contributed by atoms with Gasteiger partial charge in [-0.25, -0.2) is 4.98 Å². The molecule has 2 aromatic heterocycles. The molecule has 0 saturated carbocycles. The first kappa shape index (κ1) is 22.1. The van der Waals surface area contributed by atoms with E-state index in [0.29, 0.717) is 23.5 Å². The van der Waals surface area contributed by atoms with Crippen LogP contribution >= 0.6 is 0 Å². The molecule has 162 valence electrons. The zero-order chi connectivity index (χ0) is 22.4. The molecule has 0 aliphatic rings. The highest BCUT2D eigenvalue weighted by atomic mass is 16.5. The van der Waals surface area contributed by atoms with E-state index in [9.17, 15) is 9.59 Å². The molecule has 0 aliphatic carbocycles. The van der Waals surface area contributed by atoms with Gasteiger partial charge in [0.1, 0.15) is 17.3 Å². The molecule has 0 N–H and O–H groups in total. The summed E-state index contributed by atoms with van der Waals surface area (Å²) in [5.74, 6) is 1.37. The van der Waals surface area contributed by atoms with Crippen molar-refractivity contribution in [1.82, 2.24) is 9.55 Å². The summed E-state index contributed by atoms with van der Waals surface area (Å²) in [6.45, 7) is 3.46. The molecular formula is C24H26N2O5. The van der Waals surface area contributed by atoms with Crippen LogP contribution in [0.15, 0.2) is 48.7 Å². The molecule has 0 atom stereocenters. The summed E-state index contributed by atoms with van der Waals surface area (Å²) in [5, 5.41) is 0. The van der Waals surface area contributed by atoms with Crippen LogP contribution < -0.4 is 9.47 Å². The number of carbonyl (C=O) groups excluding carboxylic acids is 2. The molecule has 1 aromatic carbocycles. The average molecular weight is 422 g/mol. The van der Waals surface area contributed by atoms with Crippen molar-refractivity contribution >= 4 is 11.8 Å². The summed E-state index contributed by atoms with van der Waals surface area (Å²) in [7, 11) is 3.15. The minimum atomic E-state index is -0.436. The predicted octanol–water partition coefficient (Wildman–Crippen LogP) is 3.87. The van der Waals surface area contributed by atoms with Gasteiger partial charge in [0.15, 0.2) is 6.61 Å². The number of Topliss-reactive ketones (excluding diaryl/α,β-unsaturated/α-hetero) is 1. The smallest absolute Gasteiger partial charge is 0.306 e. The van der Waals surface area contributed by atoms with Gasteiger partial charge in [-0.2, -0.15) is 0 Å². The quantitative estimate of drug-likeness (QED) is 0.385. The van der Waals surface area contributed by atoms with Crippen LogP contribution in [0.5, 0.6) is 11.5 Å². The Hall–Kier alpha value is -3.61. The largest absolute Gasteiger partial charge is 0.497 e. The second-order valence-electron chi connectivity index (χ2n) is 7.11. The fraction of sp³-hybridized carbons (Fsp3) is 0.292. The highest BCUT2D eigenvalue weighted by molar-refractivity contribution is 5.99. The van der Waals surface area contributed by atoms with E-state index in [-0.39, 0.29) is 18.8 Å². The number of rotatable bonds is 9. The Morgan fingerprint density at radius 3 is 2.32 bits per heavy atom. The standard InChI is InChI=1S/C24H26N2O5/c1-16-11-21(17(2)26(16)23-7-5-6-10-25-23)22(27)15-31-24(28)9-8-18-12-19(29-3)14-20(13-18)30-4/h5-7,10-14H,8-9,15H2,1-4H3. The summed E-state index contributed by atoms with van der Waals surface area (Å²) in [6, 6.07) is 12.8. The van der Waals surface area contributed by atoms with E-state index in [4.69, 9.17) is 14.2 Å². The molecule has 0 spiro atoms. The van der Waals surface area contributed by atoms with Gasteiger partial charge >= 0.3 is 5.97 Å². The molecule has 7 nitrogen and oxygen atoms in total. The number of nitrogens with zero attached hydrogens (tertiary/aromatic N) is 2. The van der Waals surface area contributed by atoms with E-state index in [1.165, 1.54) is 0 Å². The van der Waals surface area contributed by atoms with Gasteiger partial charge in [-0.05, 0) is 56.2 Å². The zero-order valence-electron chi connectivity index (χ0n) is 18.2. The van der Waals surface area contributed by atoms with E-state index < -0.39 is 5.97 Å². The Morgan fingerprint density at radius 2 is 1.71 bits per heavy atom. The van der Waals surface area contributed by atoms with Crippen molar-refractivity contribution in [2.75, 3.05) is 20.8 Å². The maximum Gasteiger partial charge on any atom is 0.306 e. The third-order valence-electron chi connectivity index (χ3n) is 5.00. The number of hydrogen-bond acceptors (Lipinski definition) is 6. The zero-order valence-corrected chi connectivity index (χ0v) is 18.2. The topological polar surface area (TPSA) is 79.7 Å². The first-order valence-corrected chi connectivity index (χ1v) is 9.94. The van der Waals surface area contributed by atoms with Gasteiger partial charge in [0.05, 0.1) is 14.2 Å². The second-order valence-corrected chi connectivity index (χ2v) is 7.11. The number of aryl methyl sites for hydroxylation is 2. The van der Waals surface area contributed by atoms with E-state index in [2.05, 4.69) is 4.98 Å². The van der Waals surface area contributed by atoms with Gasteiger partial charge in [-0.3, -0.25) is 9.59 Å². The molecule has 0 bridgehead atoms. The lowest BCUT2D eigenvalue weighted by atomic mass is 10.1. The summed E-state index contributed by atoms with van der Waals surface area (Å²) in [4.78, 5) is 29.2. The molecule has 3 rings (SSSR count). The number of benzene rings is 1. The molecule has 0 unspecified atom stereocenters. The lowest BCUT2D eigenvalue weighted by Gasteiger charge is -2.09. The number of aromatic nitrogens is 2. The van der Waals surface area contributed by atoms with Gasteiger partial charge in [0.25, 0.3) is 0 Å². The highest BCUT2D eigenvalue weighted by Crippen LogP contribution is 2.23. The van der Waals surface area contributed by atoms with Crippen molar-refractivity contribution in [3.8, 4) is 17.3 Å². The number of esters is 1. The van der Waals surface area contributed by atoms with E-state index in [1.54, 1.807) is 32.5 Å². The second kappa shape index (κ2) is 9.93. The summed E-state index contributed by atoms with van der Waals surface area (Å²) in [6.07, 6.45) is 2.31. The SMILES string of the molecule is COc1cc(CCC(=O)OCC(=O)c2cc(C)n(-c3ccccn3)c2C)cc(OC)c1. The lowest BCUT2D eigenvalue weighted by molar-refractivity contribution is -0.142. The molecule has 0 amide bonds. The van der Waals surface area contributed by atoms with Crippen molar-refractivity contribution < 1.29 is 23.8 Å². The maximum atomic E-state index is 12.7. The van der Waals surface area contributed by atoms with Crippen LogP contribution in [0.25, 0.3) is 5.82 Å². The van der Waals surface area contributed by atoms with Gasteiger partial charge < -0.3 is 18.8 Å². The summed E-state index contributed by atoms with van der Waals surface area (Å²) >= 11 is 0. The van der Waals surface area contributed by atoms with Crippen molar-refractivity contribution in [3.05, 3.63) is 71.2 Å². The van der Waals surface area contributed by atoms with Crippen LogP contribution in [-0.2, 0) is 16.0 Å². The van der Waals surface area contributed by atoms with Crippen molar-refractivity contribution in [3.63, 3.8) is 0 Å². The number of hydrogen-bond donors (Lipinski definition) is 0. The van der Waals surface area contributed by atoms with Crippen molar-refractivity contribution in [2.45, 2.75) is 26.7 Å². The third-order valence-corrected chi connectivity index (χ3v) is 5.00. The van der Waals surface area contributed by atoms with Gasteiger partial charge in [-0.15, -0.1) is 0 Å². The monoisotopic (exact) mass is 422 g/mol. The first-order chi connectivity index (χ1) is 14.9. The van der Waals surface area contributed by atoms with Gasteiger partial charge in [0, 0.05) is 35.6 Å². The molecule has 0 saturated heterocycles. The Labute approximate surface area is 181 Å². The number of ether oxygens (including phenoxy) is 3. The fourth-order valence-corrected chi connectivity index (χ4v) is 3.44. The lowest BCUT2D eigenvalue weighted by Crippen LogP contribution is -2.15. The molecular weight excluding hydrogens is 396 g/mol. The summed E-state index contributed by atoms with van der Waals surface area (Å²) in [5.41, 5.74) is 3.06. The number of methoxy groups -OCH3 is 2. The predicted molar refractivity (Wildman–Crippen MR) is 116 cm³/mol. The number of ketones is 1. The van der Waals surface area contributed by atoms with Crippen LogP contribution in [0.1, 0.15) is 33.7 Å². The first-order valence-electron chi connectivity index (χ1n) is 9.94. The molecule has 0 radical (unpaired) electrons. The van der Waals surface area contributed by atoms with Crippen molar-refractivity contribution in [2.24, 2.45) is 0 Å². The molecule has 7 heteroatoms. The van der Waals surface area contributed by atoms with Gasteiger partial charge in [-0.1, -0.05) is 6.07 Å². The van der Waals surface area contributed by atoms with Gasteiger partial charge in [0.2, 0.25) is 5.78 Å². The Balaban J connectivity index is 1.59. The van der Waals surface area contributed by atoms with E-state index in [0.717, 1.165) is 22.8 Å². The van der Waals surface area contributed by atoms with Crippen LogP contribution in [-0.4, -0.2) is 42.1 Å². The summed E-state index contributed by atoms with van der Waals surface area (Å²) < 4.78 is 17.6. The van der Waals surface area contributed by atoms with Crippen LogP contribution in [0.2, 0.25) is 0 Å². The third kappa shape index (κ3) is 5.31. The van der Waals surface area contributed by atoms with Crippen molar-refractivity contribution in [1.29, 1.82) is 0 Å². The molecule has 0 fully saturated rings. The molecule has 31 heavy (non-hydrogen) atoms. The van der Waals surface area contributed by atoms with Crippen LogP contribution in [0, 0.1) is 13.8 Å². The Kier molecular flexibility index (Phi) is 7.07. The molecule has 3 aromatic rings. The fourth-order valence-electron chi connectivity index (χ4n) is 3.44. The molecule has 2 heterocycles. The molecule has 0 aliphatic heterocycles. The van der Waals surface area contributed by atoms with E-state index in [1.807, 2.05) is 48.7 Å². The minimum absolute atomic E-state index is 0.149. The average Bonchev–Trinajstić information content (AvgIpc) is 3.10. The Morgan fingerprint density at radius 1 is 1.00 bits per heavy atom. The maximum absolute atomic E-state index is 12.7. The van der Waals surface area contributed by atoms with Crippen LogP contribution in [0.4, 0.5) is 0 Å². The van der Waals surface area contributed by atoms with E-state index >= 15 is 0 Å². The number of pyridine rings is 1. The normalized spacial score (nSPS) is 10.6. The van der Waals surface area contributed by atoms with Crippen LogP contribution in [0.3, 0.4) is 0 Å².